The molecule has 0 radical (unpaired) electrons. The summed E-state index contributed by atoms with van der Waals surface area (Å²) < 4.78 is 66.0. The zero-order chi connectivity index (χ0) is 15.8. The van der Waals surface area contributed by atoms with Gasteiger partial charge < -0.3 is 10.5 Å². The maximum atomic E-state index is 12.3. The lowest BCUT2D eigenvalue weighted by molar-refractivity contribution is -0.275. The number of hydrogen-bond donors (Lipinski definition) is 1. The van der Waals surface area contributed by atoms with Crippen molar-refractivity contribution in [2.75, 3.05) is 6.54 Å². The molecule has 1 heterocycles. The number of nitrogens with zero attached hydrogens (tertiary/aromatic N) is 1. The van der Waals surface area contributed by atoms with Gasteiger partial charge >= 0.3 is 6.36 Å². The number of ether oxygens (including phenoxy) is 1. The third kappa shape index (κ3) is 3.10. The molecule has 21 heavy (non-hydrogen) atoms. The molecular weight excluding hydrogens is 313 g/mol. The van der Waals surface area contributed by atoms with Crippen LogP contribution in [-0.2, 0) is 14.8 Å². The molecule has 0 saturated carbocycles. The Morgan fingerprint density at radius 1 is 1.33 bits per heavy atom. The van der Waals surface area contributed by atoms with Crippen LogP contribution in [0.1, 0.15) is 6.42 Å². The van der Waals surface area contributed by atoms with Crippen LogP contribution in [0.25, 0.3) is 0 Å². The van der Waals surface area contributed by atoms with Crippen molar-refractivity contribution < 1.29 is 31.1 Å². The van der Waals surface area contributed by atoms with Gasteiger partial charge in [-0.1, -0.05) is 12.1 Å². The highest BCUT2D eigenvalue weighted by atomic mass is 32.2. The van der Waals surface area contributed by atoms with E-state index < -0.39 is 39.0 Å². The van der Waals surface area contributed by atoms with Crippen LogP contribution in [0.15, 0.2) is 29.2 Å². The van der Waals surface area contributed by atoms with E-state index in [2.05, 4.69) is 4.74 Å². The van der Waals surface area contributed by atoms with E-state index >= 15 is 0 Å². The number of carbonyl (C=O) groups excluding carboxylic acids is 1. The molecule has 2 N–H and O–H groups in total. The lowest BCUT2D eigenvalue weighted by Crippen LogP contribution is -2.57. The molecule has 1 aliphatic heterocycles. The summed E-state index contributed by atoms with van der Waals surface area (Å²) in [5, 5.41) is 0. The number of carbonyl (C=O) groups is 1. The summed E-state index contributed by atoms with van der Waals surface area (Å²) in [5.41, 5.74) is 5.05. The standard InChI is InChI=1S/C11H11F3N2O4S/c12-11(13,14)20-8-3-1-2-4-9(8)21(18,19)16-6-5-7(16)10(15)17/h1-4,7H,5-6H2,(H2,15,17). The van der Waals surface area contributed by atoms with Crippen LogP contribution in [0, 0.1) is 0 Å². The maximum absolute atomic E-state index is 12.3. The zero-order valence-corrected chi connectivity index (χ0v) is 11.3. The summed E-state index contributed by atoms with van der Waals surface area (Å²) >= 11 is 0. The first-order chi connectivity index (χ1) is 9.63. The largest absolute Gasteiger partial charge is 0.573 e. The molecule has 0 aliphatic carbocycles. The van der Waals surface area contributed by atoms with Crippen molar-refractivity contribution in [2.45, 2.75) is 23.7 Å². The molecule has 1 aromatic carbocycles. The summed E-state index contributed by atoms with van der Waals surface area (Å²) in [5.74, 6) is -1.70. The van der Waals surface area contributed by atoms with E-state index in [-0.39, 0.29) is 13.0 Å². The number of halogens is 3. The van der Waals surface area contributed by atoms with Crippen LogP contribution in [0.4, 0.5) is 13.2 Å². The van der Waals surface area contributed by atoms with Crippen molar-refractivity contribution in [1.29, 1.82) is 0 Å². The van der Waals surface area contributed by atoms with Gasteiger partial charge in [-0.15, -0.1) is 13.2 Å². The Balaban J connectivity index is 2.39. The second kappa shape index (κ2) is 5.19. The van der Waals surface area contributed by atoms with Crippen LogP contribution in [0.3, 0.4) is 0 Å². The van der Waals surface area contributed by atoms with Gasteiger partial charge in [0.15, 0.2) is 0 Å². The van der Waals surface area contributed by atoms with E-state index in [9.17, 15) is 26.4 Å². The first kappa shape index (κ1) is 15.6. The van der Waals surface area contributed by atoms with E-state index in [1.165, 1.54) is 12.1 Å². The highest BCUT2D eigenvalue weighted by Gasteiger charge is 2.43. The van der Waals surface area contributed by atoms with Crippen LogP contribution in [0.5, 0.6) is 5.75 Å². The van der Waals surface area contributed by atoms with Crippen molar-refractivity contribution in [3.8, 4) is 5.75 Å². The first-order valence-corrected chi connectivity index (χ1v) is 7.23. The molecule has 0 aromatic heterocycles. The minimum absolute atomic E-state index is 0.0102. The van der Waals surface area contributed by atoms with Gasteiger partial charge in [-0.2, -0.15) is 4.31 Å². The smallest absolute Gasteiger partial charge is 0.404 e. The number of sulfonamides is 1. The fourth-order valence-corrected chi connectivity index (χ4v) is 3.69. The van der Waals surface area contributed by atoms with Crippen molar-refractivity contribution in [3.63, 3.8) is 0 Å². The van der Waals surface area contributed by atoms with Gasteiger partial charge in [0, 0.05) is 6.54 Å². The first-order valence-electron chi connectivity index (χ1n) is 5.79. The molecule has 10 heteroatoms. The number of alkyl halides is 3. The molecule has 0 bridgehead atoms. The number of nitrogens with two attached hydrogens (primary N) is 1. The molecule has 1 unspecified atom stereocenters. The minimum atomic E-state index is -5.02. The van der Waals surface area contributed by atoms with Gasteiger partial charge in [0.05, 0.1) is 0 Å². The minimum Gasteiger partial charge on any atom is -0.404 e. The number of para-hydroxylation sites is 1. The lowest BCUT2D eigenvalue weighted by atomic mass is 10.1. The number of primary amides is 1. The van der Waals surface area contributed by atoms with Gasteiger partial charge in [0.1, 0.15) is 16.7 Å². The van der Waals surface area contributed by atoms with Crippen molar-refractivity contribution in [2.24, 2.45) is 5.73 Å². The second-order valence-electron chi connectivity index (χ2n) is 4.32. The molecule has 1 aromatic rings. The summed E-state index contributed by atoms with van der Waals surface area (Å²) in [6.07, 6.45) is -4.79. The third-order valence-corrected chi connectivity index (χ3v) is 4.91. The molecular formula is C11H11F3N2O4S. The summed E-state index contributed by atoms with van der Waals surface area (Å²) in [6.45, 7) is 0.0102. The molecule has 1 amide bonds. The quantitative estimate of drug-likeness (QED) is 0.888. The lowest BCUT2D eigenvalue weighted by Gasteiger charge is -2.37. The number of rotatable bonds is 4. The van der Waals surface area contributed by atoms with Crippen molar-refractivity contribution in [3.05, 3.63) is 24.3 Å². The zero-order valence-electron chi connectivity index (χ0n) is 10.5. The van der Waals surface area contributed by atoms with Gasteiger partial charge in [-0.25, -0.2) is 8.42 Å². The van der Waals surface area contributed by atoms with Gasteiger partial charge in [0.2, 0.25) is 15.9 Å². The van der Waals surface area contributed by atoms with Crippen molar-refractivity contribution in [1.82, 2.24) is 4.31 Å². The summed E-state index contributed by atoms with van der Waals surface area (Å²) in [6, 6.07) is 3.29. The number of hydrogen-bond acceptors (Lipinski definition) is 4. The highest BCUT2D eigenvalue weighted by Crippen LogP contribution is 2.34. The maximum Gasteiger partial charge on any atom is 0.573 e. The van der Waals surface area contributed by atoms with E-state index in [0.717, 1.165) is 16.4 Å². The van der Waals surface area contributed by atoms with Crippen LogP contribution in [0.2, 0.25) is 0 Å². The Bertz CT molecular complexity index is 660. The Morgan fingerprint density at radius 2 is 1.95 bits per heavy atom. The van der Waals surface area contributed by atoms with E-state index in [1.54, 1.807) is 0 Å². The predicted octanol–water partition coefficient (Wildman–Crippen LogP) is 0.833. The highest BCUT2D eigenvalue weighted by molar-refractivity contribution is 7.89. The van der Waals surface area contributed by atoms with Crippen molar-refractivity contribution >= 4 is 15.9 Å². The summed E-state index contributed by atoms with van der Waals surface area (Å²) in [4.78, 5) is 10.4. The van der Waals surface area contributed by atoms with Gasteiger partial charge in [0.25, 0.3) is 0 Å². The molecule has 0 spiro atoms. The topological polar surface area (TPSA) is 89.7 Å². The fourth-order valence-electron chi connectivity index (χ4n) is 1.93. The molecule has 2 rings (SSSR count). The predicted molar refractivity (Wildman–Crippen MR) is 64.6 cm³/mol. The molecule has 1 fully saturated rings. The Kier molecular flexibility index (Phi) is 3.85. The Labute approximate surface area is 118 Å². The van der Waals surface area contributed by atoms with Gasteiger partial charge in [-0.3, -0.25) is 4.79 Å². The van der Waals surface area contributed by atoms with Crippen LogP contribution in [-0.4, -0.2) is 37.6 Å². The molecule has 6 nitrogen and oxygen atoms in total. The molecule has 1 aliphatic rings. The van der Waals surface area contributed by atoms with E-state index in [1.807, 2.05) is 0 Å². The van der Waals surface area contributed by atoms with Crippen LogP contribution >= 0.6 is 0 Å². The summed E-state index contributed by atoms with van der Waals surface area (Å²) in [7, 11) is -4.29. The molecule has 1 atom stereocenters. The average molecular weight is 324 g/mol. The fraction of sp³-hybridized carbons (Fsp3) is 0.364. The van der Waals surface area contributed by atoms with E-state index in [4.69, 9.17) is 5.73 Å². The van der Waals surface area contributed by atoms with Gasteiger partial charge in [-0.05, 0) is 18.6 Å². The average Bonchev–Trinajstić information content (AvgIpc) is 2.23. The normalized spacial score (nSPS) is 19.9. The molecule has 116 valence electrons. The Hall–Kier alpha value is -1.81. The monoisotopic (exact) mass is 324 g/mol. The number of benzene rings is 1. The third-order valence-electron chi connectivity index (χ3n) is 2.96. The molecule has 1 saturated heterocycles. The SMILES string of the molecule is NC(=O)C1CCN1S(=O)(=O)c1ccccc1OC(F)(F)F. The van der Waals surface area contributed by atoms with E-state index in [0.29, 0.717) is 0 Å². The number of amides is 1. The Morgan fingerprint density at radius 3 is 2.43 bits per heavy atom. The second-order valence-corrected chi connectivity index (χ2v) is 6.18. The van der Waals surface area contributed by atoms with Crippen LogP contribution < -0.4 is 10.5 Å².